The topological polar surface area (TPSA) is 85.6 Å². The zero-order valence-electron chi connectivity index (χ0n) is 16.4. The number of hydrogen-bond donors (Lipinski definition) is 1. The maximum absolute atomic E-state index is 12.1. The van der Waals surface area contributed by atoms with Crippen LogP contribution in [0.4, 0.5) is 4.79 Å². The summed E-state index contributed by atoms with van der Waals surface area (Å²) in [6, 6.07) is 7.15. The van der Waals surface area contributed by atoms with Crippen LogP contribution in [0.1, 0.15) is 51.2 Å². The van der Waals surface area contributed by atoms with E-state index in [9.17, 15) is 14.4 Å². The first-order chi connectivity index (χ1) is 12.6. The van der Waals surface area contributed by atoms with Gasteiger partial charge in [0.05, 0.1) is 0 Å². The van der Waals surface area contributed by atoms with Crippen LogP contribution in [-0.2, 0) is 16.0 Å². The van der Waals surface area contributed by atoms with Crippen molar-refractivity contribution in [2.24, 2.45) is 0 Å². The Balaban J connectivity index is 1.82. The third-order valence-corrected chi connectivity index (χ3v) is 3.96. The molecule has 1 aromatic carbocycles. The third kappa shape index (κ3) is 6.89. The number of carbonyl (C=O) groups is 2. The fourth-order valence-corrected chi connectivity index (χ4v) is 2.73. The molecule has 0 bridgehead atoms. The highest BCUT2D eigenvalue weighted by molar-refractivity contribution is 5.83. The van der Waals surface area contributed by atoms with E-state index >= 15 is 0 Å². The number of fused-ring (bicyclic) bond motifs is 1. The van der Waals surface area contributed by atoms with Gasteiger partial charge in [0.25, 0.3) is 0 Å². The number of rotatable bonds is 7. The van der Waals surface area contributed by atoms with Gasteiger partial charge < -0.3 is 14.5 Å². The SMILES string of the molecule is Cc1ccc2c(CCC(=O)CCCNC(=O)OC(C)(C)C)cc(=O)oc2c1. The van der Waals surface area contributed by atoms with Gasteiger partial charge in [-0.05, 0) is 57.7 Å². The zero-order valence-corrected chi connectivity index (χ0v) is 16.4. The van der Waals surface area contributed by atoms with Gasteiger partial charge in [0.1, 0.15) is 17.0 Å². The van der Waals surface area contributed by atoms with Crippen LogP contribution in [-0.4, -0.2) is 24.0 Å². The second kappa shape index (κ2) is 8.84. The Labute approximate surface area is 158 Å². The van der Waals surface area contributed by atoms with E-state index in [0.717, 1.165) is 16.5 Å². The van der Waals surface area contributed by atoms with Crippen LogP contribution in [0.5, 0.6) is 0 Å². The molecule has 2 aromatic rings. The highest BCUT2D eigenvalue weighted by atomic mass is 16.6. The molecule has 0 saturated carbocycles. The lowest BCUT2D eigenvalue weighted by Gasteiger charge is -2.19. The number of carbonyl (C=O) groups excluding carboxylic acids is 2. The van der Waals surface area contributed by atoms with E-state index in [1.54, 1.807) is 20.8 Å². The molecule has 0 aliphatic heterocycles. The molecule has 0 radical (unpaired) electrons. The fourth-order valence-electron chi connectivity index (χ4n) is 2.73. The summed E-state index contributed by atoms with van der Waals surface area (Å²) in [5, 5.41) is 3.50. The van der Waals surface area contributed by atoms with Crippen molar-refractivity contribution in [3.8, 4) is 0 Å². The van der Waals surface area contributed by atoms with E-state index in [4.69, 9.17) is 9.15 Å². The number of amides is 1. The molecule has 0 aliphatic rings. The summed E-state index contributed by atoms with van der Waals surface area (Å²) in [7, 11) is 0. The van der Waals surface area contributed by atoms with Crippen LogP contribution in [0.2, 0.25) is 0 Å². The van der Waals surface area contributed by atoms with Crippen molar-refractivity contribution in [1.29, 1.82) is 0 Å². The zero-order chi connectivity index (χ0) is 20.0. The molecule has 0 spiro atoms. The van der Waals surface area contributed by atoms with Crippen molar-refractivity contribution in [1.82, 2.24) is 5.32 Å². The lowest BCUT2D eigenvalue weighted by molar-refractivity contribution is -0.119. The maximum atomic E-state index is 12.1. The Hall–Kier alpha value is -2.63. The van der Waals surface area contributed by atoms with Gasteiger partial charge in [-0.15, -0.1) is 0 Å². The lowest BCUT2D eigenvalue weighted by Crippen LogP contribution is -2.33. The normalized spacial score (nSPS) is 11.4. The Kier molecular flexibility index (Phi) is 6.77. The summed E-state index contributed by atoms with van der Waals surface area (Å²) in [6.45, 7) is 7.71. The summed E-state index contributed by atoms with van der Waals surface area (Å²) in [5.74, 6) is 0.0921. The largest absolute Gasteiger partial charge is 0.444 e. The third-order valence-electron chi connectivity index (χ3n) is 3.96. The van der Waals surface area contributed by atoms with Gasteiger partial charge in [-0.3, -0.25) is 4.79 Å². The molecular formula is C21H27NO5. The number of aryl methyl sites for hydroxylation is 2. The molecule has 0 unspecified atom stereocenters. The maximum Gasteiger partial charge on any atom is 0.407 e. The average molecular weight is 373 g/mol. The van der Waals surface area contributed by atoms with Crippen LogP contribution >= 0.6 is 0 Å². The van der Waals surface area contributed by atoms with E-state index in [-0.39, 0.29) is 5.78 Å². The monoisotopic (exact) mass is 373 g/mol. The van der Waals surface area contributed by atoms with E-state index in [1.165, 1.54) is 6.07 Å². The molecule has 1 amide bonds. The molecule has 6 nitrogen and oxygen atoms in total. The summed E-state index contributed by atoms with van der Waals surface area (Å²) in [5.41, 5.74) is 1.44. The summed E-state index contributed by atoms with van der Waals surface area (Å²) in [6.07, 6.45) is 1.28. The van der Waals surface area contributed by atoms with Crippen LogP contribution in [0.3, 0.4) is 0 Å². The molecule has 27 heavy (non-hydrogen) atoms. The lowest BCUT2D eigenvalue weighted by atomic mass is 10.0. The van der Waals surface area contributed by atoms with Gasteiger partial charge in [-0.25, -0.2) is 9.59 Å². The number of nitrogens with one attached hydrogen (secondary N) is 1. The van der Waals surface area contributed by atoms with Crippen LogP contribution < -0.4 is 10.9 Å². The second-order valence-corrected chi connectivity index (χ2v) is 7.66. The number of benzene rings is 1. The highest BCUT2D eigenvalue weighted by Crippen LogP contribution is 2.20. The van der Waals surface area contributed by atoms with Gasteiger partial charge in [0, 0.05) is 30.8 Å². The summed E-state index contributed by atoms with van der Waals surface area (Å²) < 4.78 is 10.4. The first-order valence-corrected chi connectivity index (χ1v) is 9.16. The van der Waals surface area contributed by atoms with Gasteiger partial charge in [-0.1, -0.05) is 12.1 Å². The van der Waals surface area contributed by atoms with E-state index in [1.807, 2.05) is 25.1 Å². The van der Waals surface area contributed by atoms with Crippen molar-refractivity contribution in [3.05, 3.63) is 45.8 Å². The molecular weight excluding hydrogens is 346 g/mol. The van der Waals surface area contributed by atoms with Gasteiger partial charge in [-0.2, -0.15) is 0 Å². The summed E-state index contributed by atoms with van der Waals surface area (Å²) in [4.78, 5) is 35.4. The number of alkyl carbamates (subject to hydrolysis) is 1. The minimum absolute atomic E-state index is 0.0921. The Morgan fingerprint density at radius 2 is 1.89 bits per heavy atom. The Morgan fingerprint density at radius 3 is 2.59 bits per heavy atom. The van der Waals surface area contributed by atoms with Gasteiger partial charge in [0.15, 0.2) is 0 Å². The van der Waals surface area contributed by atoms with Crippen LogP contribution in [0.15, 0.2) is 33.5 Å². The van der Waals surface area contributed by atoms with Crippen molar-refractivity contribution >= 4 is 22.8 Å². The molecule has 0 atom stereocenters. The molecule has 1 N–H and O–H groups in total. The minimum atomic E-state index is -0.538. The molecule has 0 aliphatic carbocycles. The predicted molar refractivity (Wildman–Crippen MR) is 104 cm³/mol. The van der Waals surface area contributed by atoms with Crippen molar-refractivity contribution < 1.29 is 18.7 Å². The first kappa shape index (κ1) is 20.7. The van der Waals surface area contributed by atoms with E-state index in [0.29, 0.717) is 37.8 Å². The van der Waals surface area contributed by atoms with E-state index < -0.39 is 17.3 Å². The molecule has 0 saturated heterocycles. The second-order valence-electron chi connectivity index (χ2n) is 7.66. The Bertz CT molecular complexity index is 876. The van der Waals surface area contributed by atoms with E-state index in [2.05, 4.69) is 5.32 Å². The molecule has 146 valence electrons. The Morgan fingerprint density at radius 1 is 1.15 bits per heavy atom. The first-order valence-electron chi connectivity index (χ1n) is 9.16. The quantitative estimate of drug-likeness (QED) is 0.587. The van der Waals surface area contributed by atoms with Crippen molar-refractivity contribution in [3.63, 3.8) is 0 Å². The van der Waals surface area contributed by atoms with Gasteiger partial charge >= 0.3 is 11.7 Å². The average Bonchev–Trinajstić information content (AvgIpc) is 2.54. The predicted octanol–water partition coefficient (Wildman–Crippen LogP) is 3.91. The van der Waals surface area contributed by atoms with Crippen molar-refractivity contribution in [2.75, 3.05) is 6.54 Å². The van der Waals surface area contributed by atoms with Gasteiger partial charge in [0.2, 0.25) is 0 Å². The molecule has 1 aromatic heterocycles. The van der Waals surface area contributed by atoms with Crippen molar-refractivity contribution in [2.45, 2.75) is 59.0 Å². The molecule has 2 rings (SSSR count). The smallest absolute Gasteiger partial charge is 0.407 e. The molecule has 1 heterocycles. The fraction of sp³-hybridized carbons (Fsp3) is 0.476. The number of ether oxygens (including phenoxy) is 1. The number of Topliss-reactive ketones (excluding diaryl/α,β-unsaturated/α-hetero) is 1. The number of hydrogen-bond acceptors (Lipinski definition) is 5. The molecule has 0 fully saturated rings. The minimum Gasteiger partial charge on any atom is -0.444 e. The standard InChI is InChI=1S/C21H27NO5/c1-14-7-10-17-15(13-19(24)26-18(17)12-14)8-9-16(23)6-5-11-22-20(25)27-21(2,3)4/h7,10,12-13H,5-6,8-9,11H2,1-4H3,(H,22,25). The van der Waals surface area contributed by atoms with Crippen LogP contribution in [0, 0.1) is 6.92 Å². The number of ketones is 1. The highest BCUT2D eigenvalue weighted by Gasteiger charge is 2.15. The van der Waals surface area contributed by atoms with Crippen LogP contribution in [0.25, 0.3) is 11.0 Å². The summed E-state index contributed by atoms with van der Waals surface area (Å²) >= 11 is 0. The molecule has 6 heteroatoms.